The zero-order valence-corrected chi connectivity index (χ0v) is 5.10. The minimum Gasteiger partial charge on any atom is -0.196 e. The van der Waals surface area contributed by atoms with Gasteiger partial charge in [0.15, 0.2) is 0 Å². The van der Waals surface area contributed by atoms with Crippen molar-refractivity contribution in [2.45, 2.75) is 5.03 Å². The van der Waals surface area contributed by atoms with E-state index in [0.717, 1.165) is 0 Å². The van der Waals surface area contributed by atoms with Crippen LogP contribution in [0.4, 0.5) is 0 Å². The maximum absolute atomic E-state index is 3.86. The normalized spacial score (nSPS) is 9.43. The Morgan fingerprint density at radius 3 is 2.57 bits per heavy atom. The van der Waals surface area contributed by atoms with Gasteiger partial charge >= 0.3 is 0 Å². The zero-order valence-electron chi connectivity index (χ0n) is 3.31. The third-order valence-electron chi connectivity index (χ3n) is 0.470. The Bertz CT molecular complexity index is 143. The molecule has 0 aliphatic rings. The van der Waals surface area contributed by atoms with Gasteiger partial charge in [-0.15, -0.1) is 17.7 Å². The summed E-state index contributed by atoms with van der Waals surface area (Å²) >= 11 is 7.66. The average molecular weight is 133 g/mol. The number of hydrogen-bond donors (Lipinski definition) is 2. The van der Waals surface area contributed by atoms with Crippen LogP contribution in [-0.2, 0) is 0 Å². The van der Waals surface area contributed by atoms with Crippen LogP contribution in [0.25, 0.3) is 0 Å². The third-order valence-corrected chi connectivity index (χ3v) is 0.870. The van der Waals surface area contributed by atoms with Gasteiger partial charge in [0.25, 0.3) is 0 Å². The predicted molar refractivity (Wildman–Crippen MR) is 31.7 cm³/mol. The van der Waals surface area contributed by atoms with Crippen LogP contribution >= 0.6 is 25.4 Å². The number of nitrogens with zero attached hydrogens (tertiary/aromatic N) is 3. The van der Waals surface area contributed by atoms with Gasteiger partial charge in [0.05, 0.1) is 6.20 Å². The highest BCUT2D eigenvalue weighted by Crippen LogP contribution is 1.96. The quantitative estimate of drug-likeness (QED) is 0.497. The second kappa shape index (κ2) is 1.75. The first-order valence-corrected chi connectivity index (χ1v) is 2.44. The van der Waals surface area contributed by atoms with Gasteiger partial charge in [-0.2, -0.15) is 4.09 Å². The summed E-state index contributed by atoms with van der Waals surface area (Å²) in [6, 6.07) is 0. The SMILES string of the molecule is Sc1cn(S)nn1. The maximum atomic E-state index is 3.86. The lowest BCUT2D eigenvalue weighted by atomic mass is 11.0. The summed E-state index contributed by atoms with van der Waals surface area (Å²) in [7, 11) is 0. The third kappa shape index (κ3) is 1.10. The lowest BCUT2D eigenvalue weighted by Crippen LogP contribution is -1.77. The summed E-state index contributed by atoms with van der Waals surface area (Å²) in [5.41, 5.74) is 0. The lowest BCUT2D eigenvalue weighted by Gasteiger charge is -1.72. The Morgan fingerprint density at radius 1 is 1.71 bits per heavy atom. The molecule has 0 fully saturated rings. The summed E-state index contributed by atoms with van der Waals surface area (Å²) in [5, 5.41) is 7.57. The van der Waals surface area contributed by atoms with Crippen molar-refractivity contribution in [1.82, 2.24) is 14.4 Å². The van der Waals surface area contributed by atoms with Gasteiger partial charge in [0.2, 0.25) is 0 Å². The van der Waals surface area contributed by atoms with Gasteiger partial charge in [-0.3, -0.25) is 0 Å². The molecule has 1 aromatic heterocycles. The molecule has 1 rings (SSSR count). The van der Waals surface area contributed by atoms with E-state index in [1.54, 1.807) is 6.20 Å². The second-order valence-corrected chi connectivity index (χ2v) is 1.87. The molecule has 0 bridgehead atoms. The molecule has 0 saturated heterocycles. The number of thiol groups is 2. The predicted octanol–water partition coefficient (Wildman–Crippen LogP) is 0.260. The van der Waals surface area contributed by atoms with Gasteiger partial charge in [0.1, 0.15) is 5.03 Å². The molecule has 5 heteroatoms. The van der Waals surface area contributed by atoms with Crippen molar-refractivity contribution < 1.29 is 0 Å². The van der Waals surface area contributed by atoms with Crippen LogP contribution in [0.5, 0.6) is 0 Å². The molecule has 0 aromatic carbocycles. The highest BCUT2D eigenvalue weighted by Gasteiger charge is 1.85. The Hall–Kier alpha value is -0.160. The molecule has 0 aliphatic carbocycles. The summed E-state index contributed by atoms with van der Waals surface area (Å²) < 4.78 is 1.29. The van der Waals surface area contributed by atoms with Gasteiger partial charge in [-0.1, -0.05) is 5.21 Å². The molecule has 0 atom stereocenters. The summed E-state index contributed by atoms with van der Waals surface area (Å²) in [5.74, 6) is 0. The van der Waals surface area contributed by atoms with Crippen molar-refractivity contribution in [2.24, 2.45) is 0 Å². The first kappa shape index (κ1) is 4.99. The monoisotopic (exact) mass is 133 g/mol. The maximum Gasteiger partial charge on any atom is 0.137 e. The molecule has 1 heterocycles. The molecular weight excluding hydrogens is 130 g/mol. The van der Waals surface area contributed by atoms with Crippen molar-refractivity contribution >= 4 is 25.4 Å². The first-order valence-electron chi connectivity index (χ1n) is 1.59. The van der Waals surface area contributed by atoms with Gasteiger partial charge in [0, 0.05) is 0 Å². The fourth-order valence-corrected chi connectivity index (χ4v) is 0.636. The summed E-state index contributed by atoms with van der Waals surface area (Å²) in [4.78, 5) is 0. The minimum atomic E-state index is 0.579. The van der Waals surface area contributed by atoms with E-state index in [2.05, 4.69) is 35.8 Å². The molecular formula is C2H3N3S2. The largest absolute Gasteiger partial charge is 0.196 e. The minimum absolute atomic E-state index is 0.579. The van der Waals surface area contributed by atoms with Crippen LogP contribution in [0.15, 0.2) is 11.2 Å². The standard InChI is InChI=1S/C2H3N3S2/c6-2-1-5(7)4-3-2/h1,6-7H. The van der Waals surface area contributed by atoms with Crippen LogP contribution in [0, 0.1) is 0 Å². The number of hydrogen-bond acceptors (Lipinski definition) is 4. The molecule has 0 N–H and O–H groups in total. The molecule has 0 aliphatic heterocycles. The van der Waals surface area contributed by atoms with Crippen molar-refractivity contribution in [3.05, 3.63) is 6.20 Å². The fraction of sp³-hybridized carbons (Fsp3) is 0. The Kier molecular flexibility index (Phi) is 1.25. The summed E-state index contributed by atoms with van der Waals surface area (Å²) in [6.07, 6.45) is 1.59. The topological polar surface area (TPSA) is 30.7 Å². The Morgan fingerprint density at radius 2 is 2.43 bits per heavy atom. The Labute approximate surface area is 51.7 Å². The smallest absolute Gasteiger partial charge is 0.137 e. The van der Waals surface area contributed by atoms with Gasteiger partial charge < -0.3 is 0 Å². The van der Waals surface area contributed by atoms with E-state index in [1.165, 1.54) is 4.09 Å². The highest BCUT2D eigenvalue weighted by molar-refractivity contribution is 7.80. The van der Waals surface area contributed by atoms with E-state index >= 15 is 0 Å². The molecule has 0 spiro atoms. The lowest BCUT2D eigenvalue weighted by molar-refractivity contribution is 0.878. The van der Waals surface area contributed by atoms with Crippen molar-refractivity contribution in [3.8, 4) is 0 Å². The van der Waals surface area contributed by atoms with Crippen molar-refractivity contribution in [2.75, 3.05) is 0 Å². The fourth-order valence-electron chi connectivity index (χ4n) is 0.247. The number of aromatic nitrogens is 3. The van der Waals surface area contributed by atoms with E-state index in [9.17, 15) is 0 Å². The molecule has 3 nitrogen and oxygen atoms in total. The van der Waals surface area contributed by atoms with Crippen LogP contribution in [0.3, 0.4) is 0 Å². The van der Waals surface area contributed by atoms with Crippen LogP contribution < -0.4 is 0 Å². The van der Waals surface area contributed by atoms with Crippen LogP contribution in [-0.4, -0.2) is 14.4 Å². The molecule has 0 saturated carbocycles. The van der Waals surface area contributed by atoms with Gasteiger partial charge in [-0.05, 0) is 12.8 Å². The molecule has 0 unspecified atom stereocenters. The van der Waals surface area contributed by atoms with E-state index in [1.807, 2.05) is 0 Å². The van der Waals surface area contributed by atoms with Crippen molar-refractivity contribution in [3.63, 3.8) is 0 Å². The zero-order chi connectivity index (χ0) is 5.28. The highest BCUT2D eigenvalue weighted by atomic mass is 32.1. The first-order chi connectivity index (χ1) is 3.29. The summed E-state index contributed by atoms with van der Waals surface area (Å²) in [6.45, 7) is 0. The van der Waals surface area contributed by atoms with Crippen molar-refractivity contribution in [1.29, 1.82) is 0 Å². The molecule has 7 heavy (non-hydrogen) atoms. The molecule has 1 aromatic rings. The molecule has 0 amide bonds. The van der Waals surface area contributed by atoms with E-state index in [0.29, 0.717) is 5.03 Å². The van der Waals surface area contributed by atoms with E-state index in [-0.39, 0.29) is 0 Å². The average Bonchev–Trinajstić information content (AvgIpc) is 1.87. The van der Waals surface area contributed by atoms with Crippen LogP contribution in [0.2, 0.25) is 0 Å². The van der Waals surface area contributed by atoms with E-state index in [4.69, 9.17) is 0 Å². The molecule has 38 valence electrons. The second-order valence-electron chi connectivity index (χ2n) is 0.997. The Balaban J connectivity index is 3.04. The van der Waals surface area contributed by atoms with Gasteiger partial charge in [-0.25, -0.2) is 0 Å². The molecule has 0 radical (unpaired) electrons. The van der Waals surface area contributed by atoms with Crippen LogP contribution in [0.1, 0.15) is 0 Å². The number of rotatable bonds is 0. The van der Waals surface area contributed by atoms with E-state index < -0.39 is 0 Å².